The minimum absolute atomic E-state index is 0.0906. The van der Waals surface area contributed by atoms with Crippen LogP contribution in [-0.2, 0) is 21.3 Å². The minimum atomic E-state index is -5.85. The highest BCUT2D eigenvalue weighted by Gasteiger charge is 2.48. The molecule has 188 valence electrons. The number of furan rings is 1. The normalized spacial score (nSPS) is 16.0. The molecule has 0 saturated carbocycles. The maximum atomic E-state index is 12.7. The molecule has 0 spiro atoms. The van der Waals surface area contributed by atoms with Gasteiger partial charge in [-0.05, 0) is 30.9 Å². The maximum absolute atomic E-state index is 12.7. The molecule has 8 nitrogen and oxygen atoms in total. The van der Waals surface area contributed by atoms with Crippen molar-refractivity contribution in [2.75, 3.05) is 6.61 Å². The number of esters is 1. The quantitative estimate of drug-likeness (QED) is 0.280. The van der Waals surface area contributed by atoms with Gasteiger partial charge in [0, 0.05) is 35.3 Å². The summed E-state index contributed by atoms with van der Waals surface area (Å²) in [5, 5.41) is 0.541. The van der Waals surface area contributed by atoms with Gasteiger partial charge in [-0.3, -0.25) is 4.79 Å². The smallest absolute Gasteiger partial charge is 0.462 e. The van der Waals surface area contributed by atoms with Gasteiger partial charge in [0.2, 0.25) is 0 Å². The van der Waals surface area contributed by atoms with Crippen LogP contribution in [0.15, 0.2) is 39.7 Å². The van der Waals surface area contributed by atoms with Crippen molar-refractivity contribution < 1.29 is 39.7 Å². The van der Waals surface area contributed by atoms with Crippen LogP contribution in [-0.4, -0.2) is 31.1 Å². The van der Waals surface area contributed by atoms with Gasteiger partial charge in [0.05, 0.1) is 12.3 Å². The highest BCUT2D eigenvalue weighted by Crippen LogP contribution is 2.46. The second-order valence-corrected chi connectivity index (χ2v) is 10.7. The van der Waals surface area contributed by atoms with Gasteiger partial charge in [-0.25, -0.2) is 4.79 Å². The number of benzene rings is 1. The molecule has 35 heavy (non-hydrogen) atoms. The number of fused-ring (bicyclic) bond motifs is 5. The van der Waals surface area contributed by atoms with Gasteiger partial charge in [0.15, 0.2) is 11.2 Å². The van der Waals surface area contributed by atoms with Gasteiger partial charge in [-0.2, -0.15) is 21.6 Å². The number of aromatic nitrogens is 1. The summed E-state index contributed by atoms with van der Waals surface area (Å²) in [7, 11) is -5.85. The van der Waals surface area contributed by atoms with Crippen molar-refractivity contribution in [1.82, 2.24) is 4.57 Å². The zero-order chi connectivity index (χ0) is 25.9. The van der Waals surface area contributed by atoms with E-state index in [9.17, 15) is 31.2 Å². The average molecular weight is 513 g/mol. The third-order valence-electron chi connectivity index (χ3n) is 5.79. The van der Waals surface area contributed by atoms with E-state index in [1.165, 1.54) is 18.3 Å². The molecule has 0 saturated heterocycles. The fourth-order valence-corrected chi connectivity index (χ4v) is 4.58. The predicted octanol–water partition coefficient (Wildman–Crippen LogP) is 4.81. The molecule has 3 aromatic rings. The molecule has 1 aromatic carbocycles. The number of alkyl halides is 3. The van der Waals surface area contributed by atoms with Crippen molar-refractivity contribution in [2.24, 2.45) is 5.41 Å². The second-order valence-electron chi connectivity index (χ2n) is 9.20. The number of ether oxygens (including phenoxy) is 1. The Labute approximate surface area is 198 Å². The van der Waals surface area contributed by atoms with Crippen molar-refractivity contribution in [2.45, 2.75) is 45.7 Å². The second kappa shape index (κ2) is 8.14. The summed E-state index contributed by atoms with van der Waals surface area (Å²) in [5.41, 5.74) is -5.44. The Morgan fingerprint density at radius 1 is 1.20 bits per heavy atom. The molecule has 0 aliphatic carbocycles. The van der Waals surface area contributed by atoms with E-state index in [1.807, 2.05) is 20.8 Å². The molecule has 0 fully saturated rings. The Morgan fingerprint density at radius 2 is 1.89 bits per heavy atom. The molecule has 1 atom stereocenters. The van der Waals surface area contributed by atoms with Gasteiger partial charge < -0.3 is 17.9 Å². The van der Waals surface area contributed by atoms with Gasteiger partial charge in [-0.15, -0.1) is 0 Å². The molecule has 2 aromatic heterocycles. The van der Waals surface area contributed by atoms with E-state index in [0.717, 1.165) is 12.1 Å². The van der Waals surface area contributed by atoms with Gasteiger partial charge in [-0.1, -0.05) is 20.8 Å². The molecule has 0 amide bonds. The lowest BCUT2D eigenvalue weighted by molar-refractivity contribution is -0.0500. The van der Waals surface area contributed by atoms with E-state index >= 15 is 0 Å². The van der Waals surface area contributed by atoms with Crippen molar-refractivity contribution in [3.05, 3.63) is 51.8 Å². The fraction of sp³-hybridized carbons (Fsp3) is 0.391. The first-order valence-electron chi connectivity index (χ1n) is 10.6. The van der Waals surface area contributed by atoms with E-state index in [0.29, 0.717) is 28.8 Å². The standard InChI is InChI=1S/C23H22F3NO7S/c1-5-32-21(29)15-11-27-16(10-17(15)28)20-14(9-19(27)22(2,3)4)13-7-6-12(8-18(13)33-20)34-35(30,31)23(24,25)26/h6-8,10-11,19H,5,9H2,1-4H3/t19-/m0/s1. The number of rotatable bonds is 4. The lowest BCUT2D eigenvalue weighted by Gasteiger charge is -2.37. The minimum Gasteiger partial charge on any atom is -0.462 e. The van der Waals surface area contributed by atoms with E-state index in [4.69, 9.17) is 9.15 Å². The zero-order valence-electron chi connectivity index (χ0n) is 19.2. The summed E-state index contributed by atoms with van der Waals surface area (Å²) in [6.45, 7) is 7.70. The molecular formula is C23H22F3NO7S. The Hall–Kier alpha value is -3.28. The van der Waals surface area contributed by atoms with Crippen LogP contribution < -0.4 is 9.61 Å². The van der Waals surface area contributed by atoms with Gasteiger partial charge in [0.25, 0.3) is 0 Å². The highest BCUT2D eigenvalue weighted by molar-refractivity contribution is 7.88. The van der Waals surface area contributed by atoms with E-state index in [2.05, 4.69) is 4.18 Å². The number of hydrogen-bond acceptors (Lipinski definition) is 7. The lowest BCUT2D eigenvalue weighted by atomic mass is 9.80. The summed E-state index contributed by atoms with van der Waals surface area (Å²) in [6.07, 6.45) is 1.86. The largest absolute Gasteiger partial charge is 0.534 e. The van der Waals surface area contributed by atoms with Crippen LogP contribution in [0.2, 0.25) is 0 Å². The summed E-state index contributed by atoms with van der Waals surface area (Å²) in [5.74, 6) is -1.02. The van der Waals surface area contributed by atoms with Crippen LogP contribution in [0.5, 0.6) is 5.75 Å². The van der Waals surface area contributed by atoms with Crippen LogP contribution in [0.3, 0.4) is 0 Å². The monoisotopic (exact) mass is 513 g/mol. The van der Waals surface area contributed by atoms with Crippen molar-refractivity contribution in [3.63, 3.8) is 0 Å². The van der Waals surface area contributed by atoms with Crippen LogP contribution in [0.1, 0.15) is 49.7 Å². The first kappa shape index (κ1) is 24.8. The summed E-state index contributed by atoms with van der Waals surface area (Å²) in [6, 6.07) is 4.62. The Morgan fingerprint density at radius 3 is 2.49 bits per heavy atom. The van der Waals surface area contributed by atoms with Crippen molar-refractivity contribution in [1.29, 1.82) is 0 Å². The Bertz CT molecular complexity index is 1490. The summed E-state index contributed by atoms with van der Waals surface area (Å²) < 4.78 is 77.8. The van der Waals surface area contributed by atoms with Gasteiger partial charge >= 0.3 is 21.6 Å². The lowest BCUT2D eigenvalue weighted by Crippen LogP contribution is -2.32. The van der Waals surface area contributed by atoms with Crippen LogP contribution >= 0.6 is 0 Å². The molecule has 0 N–H and O–H groups in total. The number of pyridine rings is 1. The zero-order valence-corrected chi connectivity index (χ0v) is 20.0. The Balaban J connectivity index is 1.89. The number of carbonyl (C=O) groups excluding carboxylic acids is 1. The average Bonchev–Trinajstić information content (AvgIpc) is 3.09. The molecule has 12 heteroatoms. The van der Waals surface area contributed by atoms with E-state index in [-0.39, 0.29) is 29.2 Å². The number of hydrogen-bond donors (Lipinski definition) is 0. The molecule has 0 unspecified atom stereocenters. The molecule has 0 radical (unpaired) electrons. The Kier molecular flexibility index (Phi) is 5.78. The molecule has 1 aliphatic rings. The molecule has 0 bridgehead atoms. The van der Waals surface area contributed by atoms with Crippen molar-refractivity contribution in [3.8, 4) is 17.2 Å². The summed E-state index contributed by atoms with van der Waals surface area (Å²) in [4.78, 5) is 25.1. The SMILES string of the molecule is CCOC(=O)c1cn2c(cc1=O)-c1oc3cc(OS(=O)(=O)C(F)(F)F)ccc3c1C[C@H]2C(C)(C)C. The molecule has 4 rings (SSSR count). The van der Waals surface area contributed by atoms with Crippen LogP contribution in [0.25, 0.3) is 22.4 Å². The molecule has 3 heterocycles. The van der Waals surface area contributed by atoms with Crippen molar-refractivity contribution >= 4 is 27.1 Å². The van der Waals surface area contributed by atoms with Gasteiger partial charge in [0.1, 0.15) is 16.9 Å². The maximum Gasteiger partial charge on any atom is 0.534 e. The fourth-order valence-electron chi connectivity index (χ4n) is 4.13. The van der Waals surface area contributed by atoms with E-state index in [1.54, 1.807) is 11.5 Å². The number of nitrogens with zero attached hydrogens (tertiary/aromatic N) is 1. The third-order valence-corrected chi connectivity index (χ3v) is 6.77. The number of carbonyl (C=O) groups is 1. The topological polar surface area (TPSA) is 105 Å². The van der Waals surface area contributed by atoms with Crippen LogP contribution in [0.4, 0.5) is 13.2 Å². The summed E-state index contributed by atoms with van der Waals surface area (Å²) >= 11 is 0. The molecular weight excluding hydrogens is 491 g/mol. The molecule has 1 aliphatic heterocycles. The first-order chi connectivity index (χ1) is 16.1. The number of halogens is 3. The van der Waals surface area contributed by atoms with E-state index < -0.39 is 32.8 Å². The third kappa shape index (κ3) is 4.30. The predicted molar refractivity (Wildman–Crippen MR) is 120 cm³/mol. The van der Waals surface area contributed by atoms with Crippen LogP contribution in [0, 0.1) is 5.41 Å². The first-order valence-corrected chi connectivity index (χ1v) is 12.0. The highest BCUT2D eigenvalue weighted by atomic mass is 32.2.